The highest BCUT2D eigenvalue weighted by molar-refractivity contribution is 7.98. The normalized spacial score (nSPS) is 24.3. The number of anilines is 1. The van der Waals surface area contributed by atoms with Crippen LogP contribution in [0.1, 0.15) is 17.4 Å². The minimum atomic E-state index is -1.21. The number of nitrogens with zero attached hydrogens (tertiary/aromatic N) is 4. The van der Waals surface area contributed by atoms with Crippen molar-refractivity contribution in [1.29, 1.82) is 0 Å². The number of aryl methyl sites for hydroxylation is 1. The number of hydrogen-bond acceptors (Lipinski definition) is 9. The number of hydrogen-bond donors (Lipinski definition) is 4. The fourth-order valence-electron chi connectivity index (χ4n) is 3.42. The second kappa shape index (κ2) is 8.25. The first-order valence-corrected chi connectivity index (χ1v) is 10.4. The number of fused-ring (bicyclic) bond motifs is 1. The van der Waals surface area contributed by atoms with Crippen LogP contribution in [0.25, 0.3) is 11.2 Å². The van der Waals surface area contributed by atoms with E-state index in [1.54, 1.807) is 4.57 Å². The van der Waals surface area contributed by atoms with Crippen molar-refractivity contribution in [2.75, 3.05) is 18.2 Å². The van der Waals surface area contributed by atoms with Gasteiger partial charge in [-0.25, -0.2) is 15.0 Å². The minimum Gasteiger partial charge on any atom is -0.394 e. The van der Waals surface area contributed by atoms with Gasteiger partial charge in [0, 0.05) is 6.54 Å². The summed E-state index contributed by atoms with van der Waals surface area (Å²) in [5.74, 6) is 0.575. The zero-order valence-corrected chi connectivity index (χ0v) is 16.9. The highest BCUT2D eigenvalue weighted by Gasteiger charge is 2.44. The van der Waals surface area contributed by atoms with E-state index in [0.29, 0.717) is 28.7 Å². The van der Waals surface area contributed by atoms with Crippen molar-refractivity contribution in [3.8, 4) is 0 Å². The number of aliphatic hydroxyl groups excluding tert-OH is 3. The first-order chi connectivity index (χ1) is 14.0. The summed E-state index contributed by atoms with van der Waals surface area (Å²) in [5.41, 5.74) is 3.31. The molecule has 4 atom stereocenters. The molecule has 0 unspecified atom stereocenters. The molecule has 1 aromatic carbocycles. The third-order valence-corrected chi connectivity index (χ3v) is 5.46. The molecule has 0 radical (unpaired) electrons. The molecular formula is C19H23N5O4S. The average molecular weight is 417 g/mol. The molecular weight excluding hydrogens is 394 g/mol. The second-order valence-corrected chi connectivity index (χ2v) is 7.73. The van der Waals surface area contributed by atoms with Crippen molar-refractivity contribution in [3.05, 3.63) is 41.7 Å². The van der Waals surface area contributed by atoms with Crippen LogP contribution in [0.2, 0.25) is 0 Å². The standard InChI is InChI=1S/C19H23N5O4S/c1-10-4-3-5-11(6-10)7-20-16-13-17(23-19(22-16)29-2)24(9-21-13)18-15(27)14(26)12(8-25)28-18/h3-6,9,12,14-15,18,25-27H,7-8H2,1-2H3,(H,20,22,23)/t12-,14-,15-,18-/m1/s1. The first-order valence-electron chi connectivity index (χ1n) is 9.22. The van der Waals surface area contributed by atoms with Gasteiger partial charge in [-0.05, 0) is 18.7 Å². The van der Waals surface area contributed by atoms with Gasteiger partial charge in [0.15, 0.2) is 28.4 Å². The van der Waals surface area contributed by atoms with Crippen molar-refractivity contribution < 1.29 is 20.1 Å². The summed E-state index contributed by atoms with van der Waals surface area (Å²) in [7, 11) is 0. The number of nitrogens with one attached hydrogen (secondary N) is 1. The molecule has 2 aromatic heterocycles. The van der Waals surface area contributed by atoms with Gasteiger partial charge in [0.1, 0.15) is 18.3 Å². The Bertz CT molecular complexity index is 1010. The summed E-state index contributed by atoms with van der Waals surface area (Å²) >= 11 is 1.39. The highest BCUT2D eigenvalue weighted by Crippen LogP contribution is 2.33. The van der Waals surface area contributed by atoms with Gasteiger partial charge in [0.05, 0.1) is 12.9 Å². The molecule has 1 saturated heterocycles. The van der Waals surface area contributed by atoms with Gasteiger partial charge in [-0.2, -0.15) is 0 Å². The van der Waals surface area contributed by atoms with Crippen molar-refractivity contribution in [3.63, 3.8) is 0 Å². The summed E-state index contributed by atoms with van der Waals surface area (Å²) in [6.45, 7) is 2.22. The van der Waals surface area contributed by atoms with E-state index in [2.05, 4.69) is 26.3 Å². The molecule has 154 valence electrons. The number of aromatic nitrogens is 4. The second-order valence-electron chi connectivity index (χ2n) is 6.95. The predicted octanol–water partition coefficient (Wildman–Crippen LogP) is 1.08. The Morgan fingerprint density at radius 2 is 2.07 bits per heavy atom. The molecule has 4 rings (SSSR count). The minimum absolute atomic E-state index is 0.393. The van der Waals surface area contributed by atoms with Crippen LogP contribution in [0.5, 0.6) is 0 Å². The number of rotatable bonds is 6. The van der Waals surface area contributed by atoms with Crippen LogP contribution in [0.3, 0.4) is 0 Å². The maximum Gasteiger partial charge on any atom is 0.191 e. The highest BCUT2D eigenvalue weighted by atomic mass is 32.2. The number of thioether (sulfide) groups is 1. The lowest BCUT2D eigenvalue weighted by Crippen LogP contribution is -2.33. The molecule has 1 aliphatic heterocycles. The summed E-state index contributed by atoms with van der Waals surface area (Å²) in [6.07, 6.45) is -0.792. The van der Waals surface area contributed by atoms with Gasteiger partial charge in [-0.15, -0.1) is 0 Å². The van der Waals surface area contributed by atoms with E-state index in [-0.39, 0.29) is 0 Å². The molecule has 1 aliphatic rings. The average Bonchev–Trinajstić information content (AvgIpc) is 3.27. The molecule has 10 heteroatoms. The molecule has 0 amide bonds. The lowest BCUT2D eigenvalue weighted by molar-refractivity contribution is -0.0511. The quantitative estimate of drug-likeness (QED) is 0.344. The molecule has 4 N–H and O–H groups in total. The number of ether oxygens (including phenoxy) is 1. The Hall–Kier alpha value is -2.24. The van der Waals surface area contributed by atoms with Crippen LogP contribution in [-0.4, -0.2) is 66.0 Å². The van der Waals surface area contributed by atoms with Crippen LogP contribution in [0.4, 0.5) is 5.82 Å². The van der Waals surface area contributed by atoms with E-state index in [9.17, 15) is 15.3 Å². The maximum atomic E-state index is 10.4. The molecule has 0 aliphatic carbocycles. The Labute approximate surface area is 171 Å². The molecule has 0 bridgehead atoms. The Kier molecular flexibility index (Phi) is 5.70. The smallest absolute Gasteiger partial charge is 0.191 e. The summed E-state index contributed by atoms with van der Waals surface area (Å²) < 4.78 is 7.20. The largest absolute Gasteiger partial charge is 0.394 e. The van der Waals surface area contributed by atoms with Crippen LogP contribution in [0.15, 0.2) is 35.7 Å². The van der Waals surface area contributed by atoms with Crippen LogP contribution in [0, 0.1) is 6.92 Å². The van der Waals surface area contributed by atoms with E-state index >= 15 is 0 Å². The lowest BCUT2D eigenvalue weighted by Gasteiger charge is -2.17. The van der Waals surface area contributed by atoms with Crippen molar-refractivity contribution >= 4 is 28.7 Å². The molecule has 3 heterocycles. The third-order valence-electron chi connectivity index (χ3n) is 4.92. The molecule has 3 aromatic rings. The van der Waals surface area contributed by atoms with E-state index in [1.807, 2.05) is 31.4 Å². The van der Waals surface area contributed by atoms with Crippen LogP contribution in [-0.2, 0) is 11.3 Å². The van der Waals surface area contributed by atoms with Gasteiger partial charge in [-0.3, -0.25) is 4.57 Å². The maximum absolute atomic E-state index is 10.4. The molecule has 9 nitrogen and oxygen atoms in total. The Morgan fingerprint density at radius 1 is 1.24 bits per heavy atom. The first kappa shape index (κ1) is 20.0. The van der Waals surface area contributed by atoms with Crippen LogP contribution < -0.4 is 5.32 Å². The van der Waals surface area contributed by atoms with Gasteiger partial charge in [0.25, 0.3) is 0 Å². The Morgan fingerprint density at radius 3 is 2.76 bits per heavy atom. The molecule has 1 fully saturated rings. The van der Waals surface area contributed by atoms with Gasteiger partial charge >= 0.3 is 0 Å². The predicted molar refractivity (Wildman–Crippen MR) is 109 cm³/mol. The van der Waals surface area contributed by atoms with Gasteiger partial charge in [-0.1, -0.05) is 41.6 Å². The number of aliphatic hydroxyl groups is 3. The van der Waals surface area contributed by atoms with E-state index in [1.165, 1.54) is 23.7 Å². The molecule has 29 heavy (non-hydrogen) atoms. The van der Waals surface area contributed by atoms with E-state index in [0.717, 1.165) is 5.56 Å². The molecule has 0 saturated carbocycles. The topological polar surface area (TPSA) is 126 Å². The molecule has 0 spiro atoms. The third kappa shape index (κ3) is 3.81. The van der Waals surface area contributed by atoms with Crippen molar-refractivity contribution in [1.82, 2.24) is 19.5 Å². The van der Waals surface area contributed by atoms with E-state index in [4.69, 9.17) is 4.74 Å². The number of benzene rings is 1. The van der Waals surface area contributed by atoms with Crippen molar-refractivity contribution in [2.24, 2.45) is 0 Å². The van der Waals surface area contributed by atoms with Crippen LogP contribution >= 0.6 is 11.8 Å². The van der Waals surface area contributed by atoms with E-state index < -0.39 is 31.1 Å². The van der Waals surface area contributed by atoms with Gasteiger partial charge < -0.3 is 25.4 Å². The zero-order valence-electron chi connectivity index (χ0n) is 16.1. The fraction of sp³-hybridized carbons (Fsp3) is 0.421. The van der Waals surface area contributed by atoms with Crippen molar-refractivity contribution in [2.45, 2.75) is 43.2 Å². The Balaban J connectivity index is 1.68. The fourth-order valence-corrected chi connectivity index (χ4v) is 3.78. The summed E-state index contributed by atoms with van der Waals surface area (Å²) in [6, 6.07) is 8.18. The zero-order chi connectivity index (χ0) is 20.5. The van der Waals surface area contributed by atoms with Gasteiger partial charge in [0.2, 0.25) is 0 Å². The summed E-state index contributed by atoms with van der Waals surface area (Å²) in [5, 5.41) is 33.6. The SMILES string of the molecule is CSc1nc(NCc2cccc(C)c2)c2ncn([C@@H]3O[C@H](CO)[C@@H](O)[C@H]3O)c2n1. The number of imidazole rings is 1. The monoisotopic (exact) mass is 417 g/mol. The summed E-state index contributed by atoms with van der Waals surface area (Å²) in [4.78, 5) is 13.5. The lowest BCUT2D eigenvalue weighted by atomic mass is 10.1.